The molecular formula is C21H27NO5. The van der Waals surface area contributed by atoms with Crippen molar-refractivity contribution in [1.82, 2.24) is 5.32 Å². The highest BCUT2D eigenvalue weighted by molar-refractivity contribution is 5.56. The third-order valence-electron chi connectivity index (χ3n) is 5.42. The van der Waals surface area contributed by atoms with Crippen molar-refractivity contribution < 1.29 is 24.4 Å². The summed E-state index contributed by atoms with van der Waals surface area (Å²) in [7, 11) is 4.78. The van der Waals surface area contributed by atoms with Crippen LogP contribution in [0.2, 0.25) is 0 Å². The summed E-state index contributed by atoms with van der Waals surface area (Å²) in [6, 6.07) is 7.16. The summed E-state index contributed by atoms with van der Waals surface area (Å²) < 4.78 is 16.4. The average molecular weight is 373 g/mol. The van der Waals surface area contributed by atoms with Gasteiger partial charge in [0.15, 0.2) is 23.0 Å². The summed E-state index contributed by atoms with van der Waals surface area (Å²) in [4.78, 5) is 0. The van der Waals surface area contributed by atoms with Gasteiger partial charge in [0.2, 0.25) is 5.75 Å². The summed E-state index contributed by atoms with van der Waals surface area (Å²) in [5, 5.41) is 23.4. The van der Waals surface area contributed by atoms with Gasteiger partial charge in [-0.2, -0.15) is 0 Å². The van der Waals surface area contributed by atoms with Crippen molar-refractivity contribution in [3.63, 3.8) is 0 Å². The maximum absolute atomic E-state index is 10.0. The van der Waals surface area contributed by atoms with Gasteiger partial charge in [0.25, 0.3) is 0 Å². The zero-order valence-corrected chi connectivity index (χ0v) is 16.4. The first-order chi connectivity index (χ1) is 12.8. The third kappa shape index (κ3) is 3.25. The van der Waals surface area contributed by atoms with E-state index >= 15 is 0 Å². The molecule has 1 aliphatic rings. The smallest absolute Gasteiger partial charge is 0.203 e. The lowest BCUT2D eigenvalue weighted by molar-refractivity contribution is 0.311. The largest absolute Gasteiger partial charge is 0.504 e. The van der Waals surface area contributed by atoms with E-state index in [1.54, 1.807) is 33.5 Å². The zero-order valence-electron chi connectivity index (χ0n) is 16.4. The minimum atomic E-state index is -0.356. The Balaban J connectivity index is 2.12. The van der Waals surface area contributed by atoms with Gasteiger partial charge < -0.3 is 29.7 Å². The molecule has 0 radical (unpaired) electrons. The fourth-order valence-corrected chi connectivity index (χ4v) is 3.85. The third-order valence-corrected chi connectivity index (χ3v) is 5.42. The molecule has 0 aliphatic carbocycles. The van der Waals surface area contributed by atoms with E-state index < -0.39 is 0 Å². The van der Waals surface area contributed by atoms with Crippen LogP contribution in [0.3, 0.4) is 0 Å². The van der Waals surface area contributed by atoms with Gasteiger partial charge in [-0.3, -0.25) is 0 Å². The molecule has 1 aliphatic heterocycles. The quantitative estimate of drug-likeness (QED) is 0.698. The van der Waals surface area contributed by atoms with Crippen LogP contribution >= 0.6 is 0 Å². The number of rotatable bonds is 5. The maximum Gasteiger partial charge on any atom is 0.203 e. The number of phenols is 2. The summed E-state index contributed by atoms with van der Waals surface area (Å²) >= 11 is 0. The van der Waals surface area contributed by atoms with Crippen LogP contribution in [0.25, 0.3) is 0 Å². The minimum Gasteiger partial charge on any atom is -0.504 e. The van der Waals surface area contributed by atoms with Crippen molar-refractivity contribution >= 4 is 0 Å². The molecule has 6 heteroatoms. The Morgan fingerprint density at radius 2 is 1.52 bits per heavy atom. The predicted molar refractivity (Wildman–Crippen MR) is 103 cm³/mol. The standard InChI is InChI=1S/C21H27NO5/c1-21(2,13-9-17(25-3)19(27-5)18(10-13)26-4)20-14-11-16(24)15(23)8-12(14)6-7-22-20/h8-11,20,22-24H,6-7H2,1-5H3/t20-/m1/s1. The van der Waals surface area contributed by atoms with Gasteiger partial charge in [0.05, 0.1) is 21.3 Å². The molecule has 0 unspecified atom stereocenters. The molecule has 27 heavy (non-hydrogen) atoms. The van der Waals surface area contributed by atoms with Crippen LogP contribution < -0.4 is 19.5 Å². The predicted octanol–water partition coefficient (Wildman–Crippen LogP) is 3.29. The monoisotopic (exact) mass is 373 g/mol. The molecule has 0 spiro atoms. The van der Waals surface area contributed by atoms with E-state index in [-0.39, 0.29) is 23.0 Å². The van der Waals surface area contributed by atoms with Crippen LogP contribution in [-0.2, 0) is 11.8 Å². The van der Waals surface area contributed by atoms with Crippen LogP contribution in [0.1, 0.15) is 36.6 Å². The molecule has 0 saturated heterocycles. The minimum absolute atomic E-state index is 0.0597. The first-order valence-electron chi connectivity index (χ1n) is 8.92. The molecule has 1 atom stereocenters. The Bertz CT molecular complexity index is 822. The number of phenolic OH excluding ortho intramolecular Hbond substituents is 2. The first-order valence-corrected chi connectivity index (χ1v) is 8.92. The Morgan fingerprint density at radius 3 is 2.07 bits per heavy atom. The maximum atomic E-state index is 10.0. The molecule has 2 aromatic rings. The second-order valence-corrected chi connectivity index (χ2v) is 7.31. The number of ether oxygens (including phenoxy) is 3. The van der Waals surface area contributed by atoms with Gasteiger partial charge >= 0.3 is 0 Å². The van der Waals surface area contributed by atoms with Gasteiger partial charge in [0.1, 0.15) is 0 Å². The molecule has 146 valence electrons. The molecule has 3 rings (SSSR count). The second-order valence-electron chi connectivity index (χ2n) is 7.31. The molecule has 6 nitrogen and oxygen atoms in total. The van der Waals surface area contributed by atoms with Gasteiger partial charge in [-0.05, 0) is 53.9 Å². The Morgan fingerprint density at radius 1 is 0.926 bits per heavy atom. The topological polar surface area (TPSA) is 80.2 Å². The molecule has 0 bridgehead atoms. The Hall–Kier alpha value is -2.60. The van der Waals surface area contributed by atoms with Crippen molar-refractivity contribution in [2.24, 2.45) is 0 Å². The summed E-state index contributed by atoms with van der Waals surface area (Å²) in [6.45, 7) is 5.05. The Labute approximate surface area is 159 Å². The lowest BCUT2D eigenvalue weighted by Gasteiger charge is -2.40. The molecule has 0 fully saturated rings. The van der Waals surface area contributed by atoms with E-state index in [4.69, 9.17) is 14.2 Å². The normalized spacial score (nSPS) is 16.6. The number of hydrogen-bond acceptors (Lipinski definition) is 6. The second kappa shape index (κ2) is 7.19. The SMILES string of the molecule is COc1cc(C(C)(C)[C@@H]2NCCc3cc(O)c(O)cc32)cc(OC)c1OC. The number of fused-ring (bicyclic) bond motifs is 1. The van der Waals surface area contributed by atoms with Crippen molar-refractivity contribution in [3.05, 3.63) is 41.0 Å². The average Bonchev–Trinajstić information content (AvgIpc) is 2.66. The first kappa shape index (κ1) is 19.2. The summed E-state index contributed by atoms with van der Waals surface area (Å²) in [5.74, 6) is 1.57. The molecule has 1 heterocycles. The van der Waals surface area contributed by atoms with Crippen molar-refractivity contribution in [1.29, 1.82) is 0 Å². The molecular weight excluding hydrogens is 346 g/mol. The fourth-order valence-electron chi connectivity index (χ4n) is 3.85. The van der Waals surface area contributed by atoms with Gasteiger partial charge in [-0.25, -0.2) is 0 Å². The fraction of sp³-hybridized carbons (Fsp3) is 0.429. The zero-order chi connectivity index (χ0) is 19.8. The summed E-state index contributed by atoms with van der Waals surface area (Å²) in [6.07, 6.45) is 0.797. The van der Waals surface area contributed by atoms with Gasteiger partial charge in [-0.15, -0.1) is 0 Å². The van der Waals surface area contributed by atoms with E-state index in [9.17, 15) is 10.2 Å². The molecule has 2 aromatic carbocycles. The van der Waals surface area contributed by atoms with Crippen LogP contribution in [0.5, 0.6) is 28.7 Å². The van der Waals surface area contributed by atoms with Gasteiger partial charge in [-0.1, -0.05) is 13.8 Å². The summed E-state index contributed by atoms with van der Waals surface area (Å²) in [5.41, 5.74) is 2.67. The number of benzene rings is 2. The number of methoxy groups -OCH3 is 3. The van der Waals surface area contributed by atoms with E-state index in [0.717, 1.165) is 29.7 Å². The van der Waals surface area contributed by atoms with Gasteiger partial charge in [0, 0.05) is 11.5 Å². The lowest BCUT2D eigenvalue weighted by atomic mass is 9.72. The van der Waals surface area contributed by atoms with Crippen LogP contribution in [0.4, 0.5) is 0 Å². The molecule has 0 amide bonds. The van der Waals surface area contributed by atoms with E-state index in [1.807, 2.05) is 12.1 Å². The molecule has 0 saturated carbocycles. The number of hydrogen-bond donors (Lipinski definition) is 3. The highest BCUT2D eigenvalue weighted by Crippen LogP contribution is 2.47. The van der Waals surface area contributed by atoms with Crippen LogP contribution in [-0.4, -0.2) is 38.1 Å². The van der Waals surface area contributed by atoms with E-state index in [2.05, 4.69) is 19.2 Å². The highest BCUT2D eigenvalue weighted by atomic mass is 16.5. The van der Waals surface area contributed by atoms with E-state index in [0.29, 0.717) is 17.2 Å². The van der Waals surface area contributed by atoms with Crippen LogP contribution in [0.15, 0.2) is 24.3 Å². The molecule has 0 aromatic heterocycles. The van der Waals surface area contributed by atoms with Crippen LogP contribution in [0, 0.1) is 0 Å². The number of aromatic hydroxyl groups is 2. The van der Waals surface area contributed by atoms with E-state index in [1.165, 1.54) is 0 Å². The number of nitrogens with one attached hydrogen (secondary N) is 1. The van der Waals surface area contributed by atoms with Crippen molar-refractivity contribution in [2.45, 2.75) is 31.7 Å². The Kier molecular flexibility index (Phi) is 5.11. The van der Waals surface area contributed by atoms with Crippen molar-refractivity contribution in [2.75, 3.05) is 27.9 Å². The lowest BCUT2D eigenvalue weighted by Crippen LogP contribution is -2.41. The van der Waals surface area contributed by atoms with Crippen molar-refractivity contribution in [3.8, 4) is 28.7 Å². The molecule has 3 N–H and O–H groups in total. The highest BCUT2D eigenvalue weighted by Gasteiger charge is 2.37.